The fraction of sp³-hybridized carbons (Fsp3) is 1.00. The molecule has 1 saturated carbocycles. The Morgan fingerprint density at radius 1 is 1.22 bits per heavy atom. The van der Waals surface area contributed by atoms with Gasteiger partial charge >= 0.3 is 0 Å². The quantitative estimate of drug-likeness (QED) is 0.648. The summed E-state index contributed by atoms with van der Waals surface area (Å²) in [6, 6.07) is 0. The zero-order valence-corrected chi connectivity index (χ0v) is 7.71. The van der Waals surface area contributed by atoms with Crippen molar-refractivity contribution >= 4 is 28.3 Å². The van der Waals surface area contributed by atoms with E-state index in [0.29, 0.717) is 0 Å². The molecule has 1 fully saturated rings. The van der Waals surface area contributed by atoms with Crippen LogP contribution in [0.15, 0.2) is 0 Å². The molecule has 9 heavy (non-hydrogen) atoms. The molecule has 0 aromatic heterocycles. The maximum Gasteiger partial charge on any atom is 0.115 e. The summed E-state index contributed by atoms with van der Waals surface area (Å²) in [5.41, 5.74) is 0. The highest BCUT2D eigenvalue weighted by Crippen LogP contribution is 2.29. The maximum absolute atomic E-state index is 4.81. The van der Waals surface area contributed by atoms with Crippen LogP contribution in [0.4, 0.5) is 0 Å². The third-order valence-corrected chi connectivity index (χ3v) is 3.00. The Labute approximate surface area is 69.2 Å². The van der Waals surface area contributed by atoms with Crippen LogP contribution in [-0.2, 0) is 3.27 Å². The Balaban J connectivity index is 2.08. The van der Waals surface area contributed by atoms with E-state index in [-0.39, 0.29) is 0 Å². The fourth-order valence-corrected chi connectivity index (χ4v) is 2.49. The van der Waals surface area contributed by atoms with Gasteiger partial charge in [-0.05, 0) is 12.8 Å². The first-order valence-corrected chi connectivity index (χ1v) is 4.83. The summed E-state index contributed by atoms with van der Waals surface area (Å²) in [5, 5.41) is 0.748. The summed E-state index contributed by atoms with van der Waals surface area (Å²) in [5.74, 6) is 0. The lowest BCUT2D eigenvalue weighted by Gasteiger charge is -2.17. The Morgan fingerprint density at radius 2 is 1.89 bits per heavy atom. The van der Waals surface area contributed by atoms with Gasteiger partial charge in [-0.25, -0.2) is 3.27 Å². The lowest BCUT2D eigenvalue weighted by Crippen LogP contribution is -2.06. The van der Waals surface area contributed by atoms with Gasteiger partial charge < -0.3 is 0 Å². The van der Waals surface area contributed by atoms with E-state index in [1.807, 2.05) is 0 Å². The highest BCUT2D eigenvalue weighted by Gasteiger charge is 2.13. The van der Waals surface area contributed by atoms with Crippen LogP contribution in [0.2, 0.25) is 0 Å². The second-order valence-corrected chi connectivity index (χ2v) is 4.20. The Morgan fingerprint density at radius 3 is 2.44 bits per heavy atom. The van der Waals surface area contributed by atoms with E-state index >= 15 is 0 Å². The van der Waals surface area contributed by atoms with Crippen LogP contribution in [-0.4, -0.2) is 5.25 Å². The van der Waals surface area contributed by atoms with Crippen LogP contribution < -0.4 is 0 Å². The first kappa shape index (κ1) is 7.89. The normalized spacial score (nSPS) is 22.3. The number of rotatable bonds is 2. The predicted octanol–water partition coefficient (Wildman–Crippen LogP) is 3.29. The summed E-state index contributed by atoms with van der Waals surface area (Å²) in [6.07, 6.45) is 6.84. The molecule has 1 nitrogen and oxygen atoms in total. The molecule has 0 saturated heterocycles. The lowest BCUT2D eigenvalue weighted by molar-refractivity contribution is 0.508. The van der Waals surface area contributed by atoms with Gasteiger partial charge in [0.25, 0.3) is 0 Å². The van der Waals surface area contributed by atoms with Crippen molar-refractivity contribution in [3.63, 3.8) is 0 Å². The van der Waals surface area contributed by atoms with E-state index in [4.69, 9.17) is 3.27 Å². The molecule has 0 amide bonds. The van der Waals surface area contributed by atoms with E-state index in [1.54, 1.807) is 12.0 Å². The molecule has 0 atom stereocenters. The van der Waals surface area contributed by atoms with Gasteiger partial charge in [-0.15, -0.1) is 0 Å². The van der Waals surface area contributed by atoms with Crippen LogP contribution in [0, 0.1) is 0 Å². The Kier molecular flexibility index (Phi) is 4.02. The molecular formula is C6H11BrOS. The summed E-state index contributed by atoms with van der Waals surface area (Å²) in [7, 11) is 0. The molecule has 54 valence electrons. The predicted molar refractivity (Wildman–Crippen MR) is 44.5 cm³/mol. The van der Waals surface area contributed by atoms with Crippen LogP contribution in [0.3, 0.4) is 0 Å². The third kappa shape index (κ3) is 2.92. The van der Waals surface area contributed by atoms with E-state index < -0.39 is 0 Å². The molecule has 0 aromatic carbocycles. The number of halogens is 1. The van der Waals surface area contributed by atoms with Gasteiger partial charge in [0.05, 0.1) is 0 Å². The number of hydrogen-bond donors (Lipinski definition) is 0. The lowest BCUT2D eigenvalue weighted by atomic mass is 10.0. The zero-order chi connectivity index (χ0) is 6.53. The van der Waals surface area contributed by atoms with E-state index in [0.717, 1.165) is 5.25 Å². The van der Waals surface area contributed by atoms with Gasteiger partial charge in [-0.3, -0.25) is 0 Å². The second-order valence-electron chi connectivity index (χ2n) is 2.42. The number of hydrogen-bond acceptors (Lipinski definition) is 2. The molecule has 0 aliphatic heterocycles. The Hall–Kier alpha value is 0.790. The minimum Gasteiger partial charge on any atom is -0.238 e. The fourth-order valence-electron chi connectivity index (χ4n) is 1.21. The molecule has 3 heteroatoms. The van der Waals surface area contributed by atoms with Gasteiger partial charge in [0, 0.05) is 17.3 Å². The minimum absolute atomic E-state index is 0.748. The molecule has 0 unspecified atom stereocenters. The summed E-state index contributed by atoms with van der Waals surface area (Å²) >= 11 is 4.52. The van der Waals surface area contributed by atoms with E-state index in [9.17, 15) is 0 Å². The van der Waals surface area contributed by atoms with Crippen molar-refractivity contribution in [1.29, 1.82) is 0 Å². The zero-order valence-electron chi connectivity index (χ0n) is 5.31. The molecular weight excluding hydrogens is 200 g/mol. The summed E-state index contributed by atoms with van der Waals surface area (Å²) < 4.78 is 4.81. The largest absolute Gasteiger partial charge is 0.238 e. The molecule has 0 spiro atoms. The molecule has 1 aliphatic rings. The highest BCUT2D eigenvalue weighted by atomic mass is 79.9. The van der Waals surface area contributed by atoms with Crippen LogP contribution in [0.25, 0.3) is 0 Å². The van der Waals surface area contributed by atoms with Crippen molar-refractivity contribution in [2.45, 2.75) is 37.4 Å². The summed E-state index contributed by atoms with van der Waals surface area (Å²) in [4.78, 5) is 0. The first-order chi connectivity index (χ1) is 4.43. The van der Waals surface area contributed by atoms with Gasteiger partial charge in [0.1, 0.15) is 16.3 Å². The Bertz CT molecular complexity index is 70.7. The SMILES string of the molecule is BrOSC1CCCCC1. The minimum atomic E-state index is 0.748. The van der Waals surface area contributed by atoms with Crippen molar-refractivity contribution in [3.05, 3.63) is 0 Å². The average molecular weight is 211 g/mol. The summed E-state index contributed by atoms with van der Waals surface area (Å²) in [6.45, 7) is 0. The van der Waals surface area contributed by atoms with Gasteiger partial charge in [-0.1, -0.05) is 19.3 Å². The third-order valence-electron chi connectivity index (χ3n) is 1.72. The maximum atomic E-state index is 4.81. The van der Waals surface area contributed by atoms with Crippen LogP contribution >= 0.6 is 28.3 Å². The van der Waals surface area contributed by atoms with Crippen molar-refractivity contribution < 1.29 is 3.27 Å². The van der Waals surface area contributed by atoms with Gasteiger partial charge in [0.15, 0.2) is 0 Å². The molecule has 1 rings (SSSR count). The molecule has 0 radical (unpaired) electrons. The van der Waals surface area contributed by atoms with Crippen molar-refractivity contribution in [2.75, 3.05) is 0 Å². The van der Waals surface area contributed by atoms with Crippen LogP contribution in [0.5, 0.6) is 0 Å². The molecule has 0 aromatic rings. The first-order valence-electron chi connectivity index (χ1n) is 3.37. The van der Waals surface area contributed by atoms with Crippen LogP contribution in [0.1, 0.15) is 32.1 Å². The van der Waals surface area contributed by atoms with E-state index in [2.05, 4.69) is 16.3 Å². The molecule has 0 N–H and O–H groups in total. The monoisotopic (exact) mass is 210 g/mol. The van der Waals surface area contributed by atoms with Gasteiger partial charge in [0.2, 0.25) is 0 Å². The van der Waals surface area contributed by atoms with Gasteiger partial charge in [-0.2, -0.15) is 0 Å². The van der Waals surface area contributed by atoms with Crippen molar-refractivity contribution in [2.24, 2.45) is 0 Å². The second kappa shape index (κ2) is 4.58. The smallest absolute Gasteiger partial charge is 0.115 e. The van der Waals surface area contributed by atoms with Crippen molar-refractivity contribution in [1.82, 2.24) is 0 Å². The standard InChI is InChI=1S/C6H11BrOS/c7-8-9-6-4-2-1-3-5-6/h6H,1-5H2. The molecule has 0 bridgehead atoms. The average Bonchev–Trinajstić information content (AvgIpc) is 1.91. The topological polar surface area (TPSA) is 9.23 Å². The van der Waals surface area contributed by atoms with E-state index in [1.165, 1.54) is 32.1 Å². The molecule has 1 aliphatic carbocycles. The highest BCUT2D eigenvalue weighted by molar-refractivity contribution is 9.07. The van der Waals surface area contributed by atoms with Crippen molar-refractivity contribution in [3.8, 4) is 0 Å². The molecule has 0 heterocycles.